The van der Waals surface area contributed by atoms with Crippen molar-refractivity contribution in [1.29, 1.82) is 0 Å². The molecule has 0 heterocycles. The van der Waals surface area contributed by atoms with Crippen LogP contribution in [0.2, 0.25) is 0 Å². The molecule has 34 heavy (non-hydrogen) atoms. The van der Waals surface area contributed by atoms with E-state index in [0.717, 1.165) is 12.1 Å². The van der Waals surface area contributed by atoms with E-state index in [1.54, 1.807) is 36.4 Å². The molecular weight excluding hydrogens is 484 g/mol. The van der Waals surface area contributed by atoms with E-state index in [0.29, 0.717) is 46.0 Å². The summed E-state index contributed by atoms with van der Waals surface area (Å²) in [5.41, 5.74) is 1.31. The fraction of sp³-hybridized carbons (Fsp3) is 0.0909. The summed E-state index contributed by atoms with van der Waals surface area (Å²) in [5, 5.41) is 28.1. The minimum absolute atomic E-state index is 0.266. The Balaban J connectivity index is 1.46. The molecule has 178 valence electrons. The van der Waals surface area contributed by atoms with Gasteiger partial charge in [0.1, 0.15) is 11.5 Å². The van der Waals surface area contributed by atoms with Crippen molar-refractivity contribution < 1.29 is 36.2 Å². The van der Waals surface area contributed by atoms with E-state index < -0.39 is 30.0 Å². The first-order chi connectivity index (χ1) is 15.9. The van der Waals surface area contributed by atoms with Crippen LogP contribution in [-0.2, 0) is 20.2 Å². The normalized spacial score (nSPS) is 12.2. The second kappa shape index (κ2) is 8.65. The number of phenolic OH excluding ortho intramolecular Hbond substituents is 2. The van der Waals surface area contributed by atoms with Crippen LogP contribution in [0, 0.1) is 0 Å². The Morgan fingerprint density at radius 1 is 0.588 bits per heavy atom. The highest BCUT2D eigenvalue weighted by molar-refractivity contribution is 7.86. The zero-order valence-corrected chi connectivity index (χ0v) is 19.1. The van der Waals surface area contributed by atoms with Gasteiger partial charge in [-0.2, -0.15) is 16.8 Å². The van der Waals surface area contributed by atoms with E-state index in [9.17, 15) is 36.2 Å². The third kappa shape index (κ3) is 4.99. The summed E-state index contributed by atoms with van der Waals surface area (Å²) in [5.74, 6) is -0.532. The number of phenols is 2. The van der Waals surface area contributed by atoms with E-state index in [1.165, 1.54) is 12.1 Å². The van der Waals surface area contributed by atoms with Crippen LogP contribution >= 0.6 is 0 Å². The molecule has 0 amide bonds. The standard InChI is InChI=1S/C22H20N2O8S2/c25-21-11-17(33(27,28)29)9-13-7-15(1-3-19(13)21)23-5-6-24-16-2-4-20-14(8-16)10-18(12-22(20)26)34(30,31)32/h1-4,7-12,23-26H,5-6H2,(H,27,28,29)(H,30,31,32). The van der Waals surface area contributed by atoms with Crippen LogP contribution in [0.5, 0.6) is 11.5 Å². The largest absolute Gasteiger partial charge is 0.507 e. The summed E-state index contributed by atoms with van der Waals surface area (Å²) >= 11 is 0. The summed E-state index contributed by atoms with van der Waals surface area (Å²) < 4.78 is 64.0. The second-order valence-electron chi connectivity index (χ2n) is 7.56. The summed E-state index contributed by atoms with van der Waals surface area (Å²) in [6.45, 7) is 0.896. The van der Waals surface area contributed by atoms with E-state index >= 15 is 0 Å². The van der Waals surface area contributed by atoms with Crippen molar-refractivity contribution in [2.45, 2.75) is 9.79 Å². The summed E-state index contributed by atoms with van der Waals surface area (Å²) in [4.78, 5) is -0.813. The third-order valence-corrected chi connectivity index (χ3v) is 6.85. The van der Waals surface area contributed by atoms with E-state index in [1.807, 2.05) is 0 Å². The van der Waals surface area contributed by atoms with Gasteiger partial charge >= 0.3 is 0 Å². The van der Waals surface area contributed by atoms with Gasteiger partial charge in [0.2, 0.25) is 0 Å². The van der Waals surface area contributed by atoms with Crippen LogP contribution in [0.3, 0.4) is 0 Å². The molecule has 0 aliphatic carbocycles. The molecule has 4 rings (SSSR count). The lowest BCUT2D eigenvalue weighted by Gasteiger charge is -2.12. The lowest BCUT2D eigenvalue weighted by Crippen LogP contribution is -2.13. The topological polar surface area (TPSA) is 173 Å². The van der Waals surface area contributed by atoms with Crippen LogP contribution < -0.4 is 10.6 Å². The summed E-state index contributed by atoms with van der Waals surface area (Å²) in [7, 11) is -8.93. The van der Waals surface area contributed by atoms with Crippen molar-refractivity contribution in [1.82, 2.24) is 0 Å². The number of benzene rings is 4. The van der Waals surface area contributed by atoms with E-state index in [-0.39, 0.29) is 11.5 Å². The Bertz CT molecular complexity index is 1510. The summed E-state index contributed by atoms with van der Waals surface area (Å²) in [6.07, 6.45) is 0. The van der Waals surface area contributed by atoms with Crippen LogP contribution in [0.1, 0.15) is 0 Å². The van der Waals surface area contributed by atoms with Gasteiger partial charge in [-0.25, -0.2) is 0 Å². The van der Waals surface area contributed by atoms with Crippen molar-refractivity contribution in [2.75, 3.05) is 23.7 Å². The first kappa shape index (κ1) is 23.6. The SMILES string of the molecule is O=S(=O)(O)c1cc(O)c2ccc(NCCNc3ccc4c(O)cc(S(=O)(=O)O)cc4c3)cc2c1. The lowest BCUT2D eigenvalue weighted by molar-refractivity contribution is 0.470. The molecule has 4 aromatic rings. The quantitative estimate of drug-likeness (QED) is 0.162. The minimum atomic E-state index is -4.46. The maximum absolute atomic E-state index is 11.4. The van der Waals surface area contributed by atoms with Crippen LogP contribution in [0.15, 0.2) is 70.5 Å². The van der Waals surface area contributed by atoms with Crippen LogP contribution in [-0.4, -0.2) is 49.2 Å². The highest BCUT2D eigenvalue weighted by Gasteiger charge is 2.14. The molecule has 6 N–H and O–H groups in total. The fourth-order valence-electron chi connectivity index (χ4n) is 3.58. The minimum Gasteiger partial charge on any atom is -0.507 e. The number of aromatic hydroxyl groups is 2. The van der Waals surface area contributed by atoms with Gasteiger partial charge in [-0.3, -0.25) is 9.11 Å². The van der Waals surface area contributed by atoms with Gasteiger partial charge in [-0.05, 0) is 59.3 Å². The molecule has 0 radical (unpaired) electrons. The first-order valence-corrected chi connectivity index (χ1v) is 12.8. The van der Waals surface area contributed by atoms with E-state index in [4.69, 9.17) is 0 Å². The molecule has 0 spiro atoms. The Morgan fingerprint density at radius 3 is 1.32 bits per heavy atom. The van der Waals surface area contributed by atoms with Gasteiger partial charge in [0.05, 0.1) is 9.79 Å². The maximum atomic E-state index is 11.4. The second-order valence-corrected chi connectivity index (χ2v) is 10.4. The van der Waals surface area contributed by atoms with Crippen molar-refractivity contribution >= 4 is 53.2 Å². The number of hydrogen-bond donors (Lipinski definition) is 6. The van der Waals surface area contributed by atoms with Gasteiger partial charge < -0.3 is 20.8 Å². The predicted molar refractivity (Wildman–Crippen MR) is 128 cm³/mol. The van der Waals surface area contributed by atoms with Crippen LogP contribution in [0.4, 0.5) is 11.4 Å². The van der Waals surface area contributed by atoms with Gasteiger partial charge in [0.15, 0.2) is 0 Å². The molecule has 12 heteroatoms. The molecule has 0 fully saturated rings. The Hall–Kier alpha value is -3.58. The van der Waals surface area contributed by atoms with Crippen molar-refractivity contribution in [3.63, 3.8) is 0 Å². The van der Waals surface area contributed by atoms with Crippen LogP contribution in [0.25, 0.3) is 21.5 Å². The molecule has 0 aliphatic rings. The monoisotopic (exact) mass is 504 g/mol. The van der Waals surface area contributed by atoms with E-state index in [2.05, 4.69) is 10.6 Å². The molecule has 0 saturated carbocycles. The molecular formula is C22H20N2O8S2. The van der Waals surface area contributed by atoms with Gasteiger partial charge in [-0.1, -0.05) is 0 Å². The van der Waals surface area contributed by atoms with Crippen molar-refractivity contribution in [2.24, 2.45) is 0 Å². The number of nitrogens with one attached hydrogen (secondary N) is 2. The zero-order valence-electron chi connectivity index (χ0n) is 17.4. The molecule has 0 unspecified atom stereocenters. The fourth-order valence-corrected chi connectivity index (χ4v) is 4.65. The highest BCUT2D eigenvalue weighted by Crippen LogP contribution is 2.32. The highest BCUT2D eigenvalue weighted by atomic mass is 32.2. The molecule has 4 aromatic carbocycles. The Labute approximate surface area is 195 Å². The zero-order chi connectivity index (χ0) is 24.7. The predicted octanol–water partition coefficient (Wildman–Crippen LogP) is 3.42. The first-order valence-electron chi connectivity index (χ1n) is 9.88. The molecule has 0 bridgehead atoms. The van der Waals surface area contributed by atoms with Gasteiger partial charge in [0, 0.05) is 47.4 Å². The number of fused-ring (bicyclic) bond motifs is 2. The molecule has 0 aliphatic heterocycles. The average molecular weight is 505 g/mol. The molecule has 0 aromatic heterocycles. The van der Waals surface area contributed by atoms with Gasteiger partial charge in [0.25, 0.3) is 20.2 Å². The number of rotatable bonds is 7. The van der Waals surface area contributed by atoms with Gasteiger partial charge in [-0.15, -0.1) is 0 Å². The maximum Gasteiger partial charge on any atom is 0.294 e. The molecule has 0 atom stereocenters. The van der Waals surface area contributed by atoms with Crippen molar-refractivity contribution in [3.05, 3.63) is 60.7 Å². The summed E-state index contributed by atoms with van der Waals surface area (Å²) in [6, 6.07) is 14.4. The number of anilines is 2. The smallest absolute Gasteiger partial charge is 0.294 e. The lowest BCUT2D eigenvalue weighted by atomic mass is 10.1. The Kier molecular flexibility index (Phi) is 6.00. The molecule has 0 saturated heterocycles. The number of hydrogen-bond acceptors (Lipinski definition) is 8. The third-order valence-electron chi connectivity index (χ3n) is 5.19. The Morgan fingerprint density at radius 2 is 0.971 bits per heavy atom. The molecule has 10 nitrogen and oxygen atoms in total. The van der Waals surface area contributed by atoms with Crippen molar-refractivity contribution in [3.8, 4) is 11.5 Å². The average Bonchev–Trinajstić information content (AvgIpc) is 2.75.